The van der Waals surface area contributed by atoms with Crippen LogP contribution in [-0.4, -0.2) is 16.9 Å². The lowest BCUT2D eigenvalue weighted by Crippen LogP contribution is -2.01. The van der Waals surface area contributed by atoms with Gasteiger partial charge in [0, 0.05) is 5.25 Å². The molecule has 0 radical (unpaired) electrons. The standard InChI is InChI=1S/C8H11NO2S/c1-5(2)12-4-7-6(3)9-11-8(7)10/h4-5H,1-3H3/b7-4-. The van der Waals surface area contributed by atoms with Crippen molar-refractivity contribution >= 4 is 23.4 Å². The molecule has 1 aliphatic rings. The maximum absolute atomic E-state index is 11.0. The number of hydrogen-bond donors (Lipinski definition) is 0. The minimum absolute atomic E-state index is 0.347. The first-order chi connectivity index (χ1) is 5.61. The highest BCUT2D eigenvalue weighted by Gasteiger charge is 2.21. The Kier molecular flexibility index (Phi) is 2.92. The molecule has 3 nitrogen and oxygen atoms in total. The van der Waals surface area contributed by atoms with Crippen molar-refractivity contribution in [2.75, 3.05) is 0 Å². The van der Waals surface area contributed by atoms with Crippen LogP contribution in [0.5, 0.6) is 0 Å². The number of carbonyl (C=O) groups excluding carboxylic acids is 1. The molecular weight excluding hydrogens is 174 g/mol. The largest absolute Gasteiger partial charge is 0.368 e. The van der Waals surface area contributed by atoms with Gasteiger partial charge in [0.2, 0.25) is 0 Å². The summed E-state index contributed by atoms with van der Waals surface area (Å²) in [6.07, 6.45) is 0. The van der Waals surface area contributed by atoms with Crippen LogP contribution in [0.3, 0.4) is 0 Å². The van der Waals surface area contributed by atoms with Crippen molar-refractivity contribution < 1.29 is 9.63 Å². The van der Waals surface area contributed by atoms with E-state index < -0.39 is 0 Å². The third kappa shape index (κ3) is 2.11. The molecule has 0 amide bonds. The Morgan fingerprint density at radius 3 is 2.67 bits per heavy atom. The van der Waals surface area contributed by atoms with Crippen LogP contribution < -0.4 is 0 Å². The summed E-state index contributed by atoms with van der Waals surface area (Å²) in [4.78, 5) is 15.5. The molecule has 0 bridgehead atoms. The van der Waals surface area contributed by atoms with E-state index in [-0.39, 0.29) is 5.97 Å². The lowest BCUT2D eigenvalue weighted by atomic mass is 10.2. The smallest absolute Gasteiger partial charge is 0.312 e. The molecule has 0 aromatic carbocycles. The molecule has 1 heterocycles. The van der Waals surface area contributed by atoms with E-state index in [2.05, 4.69) is 23.8 Å². The van der Waals surface area contributed by atoms with Crippen molar-refractivity contribution in [3.05, 3.63) is 11.0 Å². The Morgan fingerprint density at radius 2 is 2.25 bits per heavy atom. The second kappa shape index (κ2) is 3.76. The summed E-state index contributed by atoms with van der Waals surface area (Å²) in [5.74, 6) is -0.347. The first-order valence-electron chi connectivity index (χ1n) is 3.73. The summed E-state index contributed by atoms with van der Waals surface area (Å²) < 4.78 is 0. The van der Waals surface area contributed by atoms with Gasteiger partial charge in [-0.15, -0.1) is 11.8 Å². The van der Waals surface area contributed by atoms with E-state index in [1.165, 1.54) is 0 Å². The topological polar surface area (TPSA) is 38.7 Å². The fourth-order valence-corrected chi connectivity index (χ4v) is 1.37. The summed E-state index contributed by atoms with van der Waals surface area (Å²) >= 11 is 1.59. The average molecular weight is 185 g/mol. The molecule has 0 atom stereocenters. The van der Waals surface area contributed by atoms with Gasteiger partial charge < -0.3 is 4.84 Å². The minimum atomic E-state index is -0.347. The van der Waals surface area contributed by atoms with E-state index in [1.54, 1.807) is 24.1 Å². The number of oxime groups is 1. The number of rotatable bonds is 2. The Bertz CT molecular complexity index is 256. The molecule has 12 heavy (non-hydrogen) atoms. The highest BCUT2D eigenvalue weighted by molar-refractivity contribution is 8.02. The quantitative estimate of drug-likeness (QED) is 0.487. The molecule has 1 aliphatic heterocycles. The van der Waals surface area contributed by atoms with Gasteiger partial charge in [-0.25, -0.2) is 4.79 Å². The molecule has 0 fully saturated rings. The Hall–Kier alpha value is -0.770. The van der Waals surface area contributed by atoms with Gasteiger partial charge in [-0.3, -0.25) is 0 Å². The SMILES string of the molecule is CC1=NOC(=O)/C1=C\SC(C)C. The first-order valence-corrected chi connectivity index (χ1v) is 4.67. The lowest BCUT2D eigenvalue weighted by molar-refractivity contribution is -0.136. The lowest BCUT2D eigenvalue weighted by Gasteiger charge is -1.97. The van der Waals surface area contributed by atoms with Crippen molar-refractivity contribution in [1.29, 1.82) is 0 Å². The number of thioether (sulfide) groups is 1. The van der Waals surface area contributed by atoms with Crippen molar-refractivity contribution in [2.45, 2.75) is 26.0 Å². The Balaban J connectivity index is 2.67. The van der Waals surface area contributed by atoms with Gasteiger partial charge in [0.1, 0.15) is 0 Å². The highest BCUT2D eigenvalue weighted by Crippen LogP contribution is 2.18. The zero-order chi connectivity index (χ0) is 9.14. The first kappa shape index (κ1) is 9.32. The predicted octanol–water partition coefficient (Wildman–Crippen LogP) is 1.94. The van der Waals surface area contributed by atoms with Crippen LogP contribution in [0.2, 0.25) is 0 Å². The van der Waals surface area contributed by atoms with Crippen LogP contribution >= 0.6 is 11.8 Å². The van der Waals surface area contributed by atoms with Crippen LogP contribution in [0.1, 0.15) is 20.8 Å². The molecule has 0 saturated carbocycles. The summed E-state index contributed by atoms with van der Waals surface area (Å²) in [6.45, 7) is 5.89. The van der Waals surface area contributed by atoms with Gasteiger partial charge in [0.25, 0.3) is 0 Å². The molecule has 0 saturated heterocycles. The third-order valence-corrected chi connectivity index (χ3v) is 2.25. The van der Waals surface area contributed by atoms with Gasteiger partial charge in [0.05, 0.1) is 11.3 Å². The molecule has 1 rings (SSSR count). The van der Waals surface area contributed by atoms with E-state index >= 15 is 0 Å². The van der Waals surface area contributed by atoms with Crippen molar-refractivity contribution in [1.82, 2.24) is 0 Å². The highest BCUT2D eigenvalue weighted by atomic mass is 32.2. The average Bonchev–Trinajstić information content (AvgIpc) is 2.28. The van der Waals surface area contributed by atoms with Gasteiger partial charge in [-0.2, -0.15) is 0 Å². The fraction of sp³-hybridized carbons (Fsp3) is 0.500. The minimum Gasteiger partial charge on any atom is -0.312 e. The van der Waals surface area contributed by atoms with Gasteiger partial charge in [-0.05, 0) is 12.3 Å². The molecule has 66 valence electrons. The molecule has 0 unspecified atom stereocenters. The van der Waals surface area contributed by atoms with Crippen LogP contribution in [0.15, 0.2) is 16.1 Å². The van der Waals surface area contributed by atoms with Gasteiger partial charge in [0.15, 0.2) is 0 Å². The third-order valence-electron chi connectivity index (χ3n) is 1.33. The number of carbonyl (C=O) groups is 1. The van der Waals surface area contributed by atoms with Crippen molar-refractivity contribution in [2.24, 2.45) is 5.16 Å². The summed E-state index contributed by atoms with van der Waals surface area (Å²) in [5, 5.41) is 5.84. The molecule has 0 aliphatic carbocycles. The molecule has 0 aromatic rings. The van der Waals surface area contributed by atoms with E-state index in [0.717, 1.165) is 0 Å². The second-order valence-electron chi connectivity index (χ2n) is 2.77. The van der Waals surface area contributed by atoms with E-state index in [9.17, 15) is 4.79 Å². The monoisotopic (exact) mass is 185 g/mol. The normalized spacial score (nSPS) is 20.2. The van der Waals surface area contributed by atoms with E-state index in [4.69, 9.17) is 0 Å². The summed E-state index contributed by atoms with van der Waals surface area (Å²) in [6, 6.07) is 0. The molecule has 0 aromatic heterocycles. The zero-order valence-electron chi connectivity index (χ0n) is 7.33. The van der Waals surface area contributed by atoms with Crippen molar-refractivity contribution in [3.63, 3.8) is 0 Å². The van der Waals surface area contributed by atoms with Gasteiger partial charge >= 0.3 is 5.97 Å². The van der Waals surface area contributed by atoms with Crippen LogP contribution in [0.4, 0.5) is 0 Å². The summed E-state index contributed by atoms with van der Waals surface area (Å²) in [5.41, 5.74) is 1.24. The van der Waals surface area contributed by atoms with E-state index in [1.807, 2.05) is 0 Å². The van der Waals surface area contributed by atoms with Crippen LogP contribution in [0.25, 0.3) is 0 Å². The molecular formula is C8H11NO2S. The second-order valence-corrected chi connectivity index (χ2v) is 4.22. The molecule has 4 heteroatoms. The zero-order valence-corrected chi connectivity index (χ0v) is 8.14. The Morgan fingerprint density at radius 1 is 1.58 bits per heavy atom. The van der Waals surface area contributed by atoms with E-state index in [0.29, 0.717) is 16.5 Å². The maximum atomic E-state index is 11.0. The Labute approximate surface area is 75.8 Å². The summed E-state index contributed by atoms with van der Waals surface area (Å²) in [7, 11) is 0. The van der Waals surface area contributed by atoms with Crippen LogP contribution in [-0.2, 0) is 9.63 Å². The molecule has 0 spiro atoms. The predicted molar refractivity (Wildman–Crippen MR) is 50.0 cm³/mol. The fourth-order valence-electron chi connectivity index (χ4n) is 0.693. The number of hydrogen-bond acceptors (Lipinski definition) is 4. The van der Waals surface area contributed by atoms with Crippen LogP contribution in [0, 0.1) is 0 Å². The van der Waals surface area contributed by atoms with Crippen molar-refractivity contribution in [3.8, 4) is 0 Å². The maximum Gasteiger partial charge on any atom is 0.368 e. The molecule has 0 N–H and O–H groups in total. The van der Waals surface area contributed by atoms with Gasteiger partial charge in [-0.1, -0.05) is 19.0 Å². The number of nitrogens with zero attached hydrogens (tertiary/aromatic N) is 1.